The van der Waals surface area contributed by atoms with Crippen LogP contribution in [0.4, 0.5) is 14.5 Å². The van der Waals surface area contributed by atoms with Gasteiger partial charge in [-0.05, 0) is 48.4 Å². The van der Waals surface area contributed by atoms with Crippen LogP contribution in [0.3, 0.4) is 0 Å². The molecule has 0 saturated carbocycles. The number of ether oxygens (including phenoxy) is 3. The number of carbonyl (C=O) groups is 3. The standard InChI is InChI=1S/C32H28F2N2O6/c1-40-20-13-11-17(12-14-20)22-16-24-27(29(37)26(22)31(38)41-2)25(21-9-4-5-10-23(21)34)28(32(39)42-3)30(35)36(24)19-8-6-7-18(33)15-19/h4-15,22,25-26H,16,35H2,1-3H3/t22-,25+,26-/m1/s1. The summed E-state index contributed by atoms with van der Waals surface area (Å²) >= 11 is 0. The van der Waals surface area contributed by atoms with Crippen LogP contribution >= 0.6 is 0 Å². The van der Waals surface area contributed by atoms with E-state index in [0.717, 1.165) is 7.11 Å². The molecule has 3 aromatic rings. The Labute approximate surface area is 241 Å². The summed E-state index contributed by atoms with van der Waals surface area (Å²) in [4.78, 5) is 42.5. The predicted octanol–water partition coefficient (Wildman–Crippen LogP) is 4.72. The number of nitrogens with two attached hydrogens (primary N) is 1. The molecule has 216 valence electrons. The summed E-state index contributed by atoms with van der Waals surface area (Å²) in [7, 11) is 3.83. The molecule has 0 spiro atoms. The van der Waals surface area contributed by atoms with Gasteiger partial charge >= 0.3 is 11.9 Å². The van der Waals surface area contributed by atoms with Gasteiger partial charge in [0.15, 0.2) is 5.78 Å². The molecule has 10 heteroatoms. The third-order valence-electron chi connectivity index (χ3n) is 7.73. The topological polar surface area (TPSA) is 108 Å². The van der Waals surface area contributed by atoms with E-state index in [-0.39, 0.29) is 34.6 Å². The van der Waals surface area contributed by atoms with E-state index >= 15 is 4.39 Å². The van der Waals surface area contributed by atoms with Crippen LogP contribution in [0.15, 0.2) is 95.5 Å². The highest BCUT2D eigenvalue weighted by Gasteiger charge is 2.51. The van der Waals surface area contributed by atoms with Crippen molar-refractivity contribution in [2.45, 2.75) is 18.3 Å². The number of esters is 2. The fourth-order valence-corrected chi connectivity index (χ4v) is 5.83. The Balaban J connectivity index is 1.83. The van der Waals surface area contributed by atoms with E-state index < -0.39 is 47.1 Å². The number of Topliss-reactive ketones (excluding diaryl/α,β-unsaturated/α-hetero) is 1. The Bertz CT molecular complexity index is 1630. The fraction of sp³-hybridized carbons (Fsp3) is 0.219. The monoisotopic (exact) mass is 574 g/mol. The average molecular weight is 575 g/mol. The van der Waals surface area contributed by atoms with Gasteiger partial charge in [0.25, 0.3) is 0 Å². The number of ketones is 1. The van der Waals surface area contributed by atoms with Crippen LogP contribution in [0.5, 0.6) is 5.75 Å². The molecule has 0 bridgehead atoms. The maximum absolute atomic E-state index is 15.4. The molecule has 2 aliphatic rings. The number of halogens is 2. The highest BCUT2D eigenvalue weighted by Crippen LogP contribution is 2.52. The van der Waals surface area contributed by atoms with Gasteiger partial charge in [0, 0.05) is 22.8 Å². The summed E-state index contributed by atoms with van der Waals surface area (Å²) in [6.07, 6.45) is 0.0454. The van der Waals surface area contributed by atoms with Crippen LogP contribution in [0, 0.1) is 17.6 Å². The van der Waals surface area contributed by atoms with E-state index in [1.807, 2.05) is 0 Å². The Morgan fingerprint density at radius 1 is 0.929 bits per heavy atom. The molecule has 1 aliphatic heterocycles. The number of allylic oxidation sites excluding steroid dienone is 2. The lowest BCUT2D eigenvalue weighted by molar-refractivity contribution is -0.150. The minimum atomic E-state index is -1.33. The van der Waals surface area contributed by atoms with Gasteiger partial charge in [0.1, 0.15) is 29.1 Å². The molecule has 3 atom stereocenters. The van der Waals surface area contributed by atoms with Crippen LogP contribution in [0.25, 0.3) is 0 Å². The number of hydrogen-bond donors (Lipinski definition) is 1. The fourth-order valence-electron chi connectivity index (χ4n) is 5.83. The van der Waals surface area contributed by atoms with E-state index in [2.05, 4.69) is 0 Å². The normalized spacial score (nSPS) is 20.3. The van der Waals surface area contributed by atoms with Crippen molar-refractivity contribution in [2.75, 3.05) is 26.2 Å². The second-order valence-electron chi connectivity index (χ2n) is 9.87. The predicted molar refractivity (Wildman–Crippen MR) is 149 cm³/mol. The van der Waals surface area contributed by atoms with Gasteiger partial charge in [-0.3, -0.25) is 14.5 Å². The maximum Gasteiger partial charge on any atom is 0.338 e. The summed E-state index contributed by atoms with van der Waals surface area (Å²) in [6.45, 7) is 0. The third kappa shape index (κ3) is 4.78. The number of anilines is 1. The van der Waals surface area contributed by atoms with Gasteiger partial charge in [0.2, 0.25) is 0 Å². The van der Waals surface area contributed by atoms with Gasteiger partial charge < -0.3 is 19.9 Å². The van der Waals surface area contributed by atoms with E-state index in [1.165, 1.54) is 55.5 Å². The first-order valence-corrected chi connectivity index (χ1v) is 13.1. The van der Waals surface area contributed by atoms with Crippen LogP contribution in [-0.4, -0.2) is 39.1 Å². The molecule has 0 radical (unpaired) electrons. The lowest BCUT2D eigenvalue weighted by Crippen LogP contribution is -2.46. The second kappa shape index (κ2) is 11.5. The Morgan fingerprint density at radius 2 is 1.64 bits per heavy atom. The second-order valence-corrected chi connectivity index (χ2v) is 9.87. The summed E-state index contributed by atoms with van der Waals surface area (Å²) < 4.78 is 45.3. The van der Waals surface area contributed by atoms with Gasteiger partial charge in [-0.2, -0.15) is 0 Å². The summed E-state index contributed by atoms with van der Waals surface area (Å²) in [5, 5.41) is 0. The van der Waals surface area contributed by atoms with Crippen molar-refractivity contribution in [3.63, 3.8) is 0 Å². The molecule has 1 heterocycles. The molecule has 3 aromatic carbocycles. The maximum atomic E-state index is 15.4. The molecule has 0 unspecified atom stereocenters. The number of methoxy groups -OCH3 is 3. The van der Waals surface area contributed by atoms with Gasteiger partial charge in [-0.15, -0.1) is 0 Å². The number of rotatable bonds is 6. The highest BCUT2D eigenvalue weighted by atomic mass is 19.1. The molecule has 0 amide bonds. The summed E-state index contributed by atoms with van der Waals surface area (Å²) in [5.74, 6) is -6.61. The smallest absolute Gasteiger partial charge is 0.338 e. The van der Waals surface area contributed by atoms with Crippen LogP contribution in [0.2, 0.25) is 0 Å². The minimum Gasteiger partial charge on any atom is -0.497 e. The van der Waals surface area contributed by atoms with Crippen molar-refractivity contribution >= 4 is 23.4 Å². The summed E-state index contributed by atoms with van der Waals surface area (Å²) in [6, 6.07) is 18.0. The van der Waals surface area contributed by atoms with Crippen molar-refractivity contribution in [3.8, 4) is 5.75 Å². The average Bonchev–Trinajstić information content (AvgIpc) is 3.00. The molecule has 0 saturated heterocycles. The molecule has 1 aliphatic carbocycles. The van der Waals surface area contributed by atoms with Crippen LogP contribution in [0.1, 0.15) is 29.4 Å². The van der Waals surface area contributed by atoms with E-state index in [1.54, 1.807) is 36.4 Å². The lowest BCUT2D eigenvalue weighted by atomic mass is 9.67. The number of carbonyl (C=O) groups excluding carboxylic acids is 3. The Morgan fingerprint density at radius 3 is 2.26 bits per heavy atom. The van der Waals surface area contributed by atoms with Gasteiger partial charge in [-0.25, -0.2) is 13.6 Å². The van der Waals surface area contributed by atoms with E-state index in [0.29, 0.717) is 17.0 Å². The molecule has 0 fully saturated rings. The van der Waals surface area contributed by atoms with Crippen molar-refractivity contribution in [1.82, 2.24) is 0 Å². The molecule has 0 aromatic heterocycles. The Kier molecular flexibility index (Phi) is 7.80. The molecule has 8 nitrogen and oxygen atoms in total. The molecule has 5 rings (SSSR count). The number of nitrogens with zero attached hydrogens (tertiary/aromatic N) is 1. The Hall–Kier alpha value is -4.99. The first-order chi connectivity index (χ1) is 20.2. The number of hydrogen-bond acceptors (Lipinski definition) is 8. The zero-order valence-electron chi connectivity index (χ0n) is 23.1. The molecule has 2 N–H and O–H groups in total. The van der Waals surface area contributed by atoms with E-state index in [4.69, 9.17) is 19.9 Å². The van der Waals surface area contributed by atoms with Crippen molar-refractivity contribution in [2.24, 2.45) is 11.7 Å². The number of benzene rings is 3. The summed E-state index contributed by atoms with van der Waals surface area (Å²) in [5.41, 5.74) is 7.57. The first-order valence-electron chi connectivity index (χ1n) is 13.1. The van der Waals surface area contributed by atoms with Crippen molar-refractivity contribution in [1.29, 1.82) is 0 Å². The van der Waals surface area contributed by atoms with E-state index in [9.17, 15) is 18.8 Å². The molecular formula is C32H28F2N2O6. The van der Waals surface area contributed by atoms with Crippen LogP contribution in [-0.2, 0) is 23.9 Å². The van der Waals surface area contributed by atoms with Crippen molar-refractivity contribution in [3.05, 3.63) is 118 Å². The first kappa shape index (κ1) is 28.5. The molecule has 42 heavy (non-hydrogen) atoms. The highest BCUT2D eigenvalue weighted by molar-refractivity contribution is 6.14. The minimum absolute atomic E-state index is 0.00731. The lowest BCUT2D eigenvalue weighted by Gasteiger charge is -2.44. The van der Waals surface area contributed by atoms with Crippen LogP contribution < -0.4 is 15.4 Å². The zero-order chi connectivity index (χ0) is 30.1. The zero-order valence-corrected chi connectivity index (χ0v) is 23.1. The SMILES string of the molecule is COC(=O)C1=C(N)N(c2cccc(F)c2)C2=C(C(=O)[C@H](C(=O)OC)[C@@H](c3ccc(OC)cc3)C2)[C@@H]1c1ccccc1F. The van der Waals surface area contributed by atoms with Gasteiger partial charge in [-0.1, -0.05) is 36.4 Å². The quantitative estimate of drug-likeness (QED) is 0.333. The third-order valence-corrected chi connectivity index (χ3v) is 7.73. The van der Waals surface area contributed by atoms with Gasteiger partial charge in [0.05, 0.1) is 38.5 Å². The molecular weight excluding hydrogens is 546 g/mol. The van der Waals surface area contributed by atoms with Crippen molar-refractivity contribution < 1.29 is 37.4 Å². The largest absolute Gasteiger partial charge is 0.497 e.